The van der Waals surface area contributed by atoms with Crippen LogP contribution in [-0.2, 0) is 4.74 Å². The molecule has 1 fully saturated rings. The zero-order valence-corrected chi connectivity index (χ0v) is 14.7. The van der Waals surface area contributed by atoms with Gasteiger partial charge in [-0.15, -0.1) is 0 Å². The summed E-state index contributed by atoms with van der Waals surface area (Å²) in [5.41, 5.74) is 5.12. The van der Waals surface area contributed by atoms with Crippen LogP contribution >= 0.6 is 0 Å². The summed E-state index contributed by atoms with van der Waals surface area (Å²) in [5, 5.41) is 3.36. The molecule has 0 aromatic heterocycles. The number of aryl methyl sites for hydroxylation is 1. The number of nitrogens with one attached hydrogen (secondary N) is 1. The van der Waals surface area contributed by atoms with Crippen molar-refractivity contribution in [3.8, 4) is 0 Å². The van der Waals surface area contributed by atoms with Crippen molar-refractivity contribution < 1.29 is 4.74 Å². The van der Waals surface area contributed by atoms with Crippen molar-refractivity contribution in [1.82, 2.24) is 0 Å². The van der Waals surface area contributed by atoms with E-state index in [1.54, 1.807) is 7.11 Å². The van der Waals surface area contributed by atoms with Crippen LogP contribution in [0.3, 0.4) is 0 Å². The molecule has 2 aromatic rings. The Hall–Kier alpha value is -2.20. The van der Waals surface area contributed by atoms with E-state index < -0.39 is 0 Å². The number of anilines is 3. The molecule has 0 spiro atoms. The van der Waals surface area contributed by atoms with Crippen LogP contribution in [-0.4, -0.2) is 46.4 Å². The van der Waals surface area contributed by atoms with Crippen LogP contribution in [0, 0.1) is 6.92 Å². The van der Waals surface area contributed by atoms with Gasteiger partial charge in [0, 0.05) is 56.9 Å². The summed E-state index contributed by atoms with van der Waals surface area (Å²) in [6.45, 7) is 7.97. The topological polar surface area (TPSA) is 27.7 Å². The smallest absolute Gasteiger partial charge is 0.0635 e. The predicted octanol–water partition coefficient (Wildman–Crippen LogP) is 3.38. The molecule has 3 rings (SSSR count). The highest BCUT2D eigenvalue weighted by atomic mass is 16.5. The fourth-order valence-corrected chi connectivity index (χ4v) is 3.14. The maximum absolute atomic E-state index is 5.06. The van der Waals surface area contributed by atoms with Crippen molar-refractivity contribution >= 4 is 17.1 Å². The molecule has 1 saturated heterocycles. The summed E-state index contributed by atoms with van der Waals surface area (Å²) in [6.07, 6.45) is 0. The third-order valence-electron chi connectivity index (χ3n) is 4.51. The minimum atomic E-state index is 0.725. The lowest BCUT2D eigenvalue weighted by Gasteiger charge is -2.37. The van der Waals surface area contributed by atoms with E-state index in [-0.39, 0.29) is 0 Å². The van der Waals surface area contributed by atoms with Gasteiger partial charge >= 0.3 is 0 Å². The molecule has 0 aliphatic carbocycles. The van der Waals surface area contributed by atoms with Gasteiger partial charge in [0.05, 0.1) is 6.61 Å². The fraction of sp³-hybridized carbons (Fsp3) is 0.400. The van der Waals surface area contributed by atoms with Crippen LogP contribution in [0.2, 0.25) is 0 Å². The summed E-state index contributed by atoms with van der Waals surface area (Å²) >= 11 is 0. The first-order valence-electron chi connectivity index (χ1n) is 8.66. The van der Waals surface area contributed by atoms with Crippen LogP contribution in [0.5, 0.6) is 0 Å². The summed E-state index contributed by atoms with van der Waals surface area (Å²) in [6, 6.07) is 17.5. The monoisotopic (exact) mass is 325 g/mol. The predicted molar refractivity (Wildman–Crippen MR) is 102 cm³/mol. The summed E-state index contributed by atoms with van der Waals surface area (Å²) in [5.74, 6) is 0. The molecule has 24 heavy (non-hydrogen) atoms. The van der Waals surface area contributed by atoms with Crippen LogP contribution in [0.4, 0.5) is 17.1 Å². The second-order valence-corrected chi connectivity index (χ2v) is 6.28. The third kappa shape index (κ3) is 4.20. The van der Waals surface area contributed by atoms with Crippen molar-refractivity contribution in [1.29, 1.82) is 0 Å². The Bertz CT molecular complexity index is 634. The number of methoxy groups -OCH3 is 1. The Balaban J connectivity index is 1.54. The van der Waals surface area contributed by atoms with E-state index >= 15 is 0 Å². The summed E-state index contributed by atoms with van der Waals surface area (Å²) in [4.78, 5) is 4.94. The van der Waals surface area contributed by atoms with Gasteiger partial charge in [-0.05, 0) is 48.9 Å². The van der Waals surface area contributed by atoms with E-state index in [1.807, 2.05) is 0 Å². The Morgan fingerprint density at radius 2 is 1.58 bits per heavy atom. The quantitative estimate of drug-likeness (QED) is 0.824. The van der Waals surface area contributed by atoms with E-state index in [0.29, 0.717) is 0 Å². The number of nitrogens with zero attached hydrogens (tertiary/aromatic N) is 2. The molecule has 0 atom stereocenters. The van der Waals surface area contributed by atoms with Gasteiger partial charge in [0.25, 0.3) is 0 Å². The lowest BCUT2D eigenvalue weighted by atomic mass is 10.2. The molecule has 1 aliphatic heterocycles. The average molecular weight is 325 g/mol. The first-order valence-corrected chi connectivity index (χ1v) is 8.66. The Morgan fingerprint density at radius 3 is 2.21 bits per heavy atom. The van der Waals surface area contributed by atoms with Crippen molar-refractivity contribution in [3.63, 3.8) is 0 Å². The molecule has 2 aromatic carbocycles. The maximum Gasteiger partial charge on any atom is 0.0635 e. The molecule has 1 heterocycles. The number of hydrogen-bond acceptors (Lipinski definition) is 4. The highest BCUT2D eigenvalue weighted by Gasteiger charge is 2.17. The Kier molecular flexibility index (Phi) is 5.59. The minimum absolute atomic E-state index is 0.725. The standard InChI is InChI=1S/C20H27N3O/c1-17-4-3-5-20(16-17)23-13-11-22(12-14-23)19-8-6-18(7-9-19)21-10-15-24-2/h3-9,16,21H,10-15H2,1-2H3. The van der Waals surface area contributed by atoms with Crippen LogP contribution in [0.25, 0.3) is 0 Å². The molecule has 0 radical (unpaired) electrons. The minimum Gasteiger partial charge on any atom is -0.383 e. The van der Waals surface area contributed by atoms with E-state index in [4.69, 9.17) is 4.74 Å². The van der Waals surface area contributed by atoms with Gasteiger partial charge in [-0.1, -0.05) is 12.1 Å². The molecule has 4 nitrogen and oxygen atoms in total. The van der Waals surface area contributed by atoms with Crippen LogP contribution in [0.15, 0.2) is 48.5 Å². The average Bonchev–Trinajstić information content (AvgIpc) is 2.63. The van der Waals surface area contributed by atoms with E-state index in [0.717, 1.165) is 45.0 Å². The SMILES string of the molecule is COCCNc1ccc(N2CCN(c3cccc(C)c3)CC2)cc1. The van der Waals surface area contributed by atoms with Gasteiger partial charge in [0.15, 0.2) is 0 Å². The largest absolute Gasteiger partial charge is 0.383 e. The Morgan fingerprint density at radius 1 is 0.917 bits per heavy atom. The second-order valence-electron chi connectivity index (χ2n) is 6.28. The van der Waals surface area contributed by atoms with Crippen molar-refractivity contribution in [2.45, 2.75) is 6.92 Å². The molecule has 0 unspecified atom stereocenters. The van der Waals surface area contributed by atoms with E-state index in [9.17, 15) is 0 Å². The van der Waals surface area contributed by atoms with E-state index in [2.05, 4.69) is 70.6 Å². The zero-order valence-electron chi connectivity index (χ0n) is 14.7. The lowest BCUT2D eigenvalue weighted by molar-refractivity contribution is 0.211. The van der Waals surface area contributed by atoms with Crippen LogP contribution in [0.1, 0.15) is 5.56 Å². The van der Waals surface area contributed by atoms with Gasteiger partial charge in [0.1, 0.15) is 0 Å². The molecule has 1 N–H and O–H groups in total. The van der Waals surface area contributed by atoms with Crippen LogP contribution < -0.4 is 15.1 Å². The van der Waals surface area contributed by atoms with Gasteiger partial charge < -0.3 is 19.9 Å². The first kappa shape index (κ1) is 16.7. The summed E-state index contributed by atoms with van der Waals surface area (Å²) < 4.78 is 5.06. The molecule has 0 amide bonds. The zero-order chi connectivity index (χ0) is 16.8. The molecular formula is C20H27N3O. The Labute approximate surface area is 145 Å². The van der Waals surface area contributed by atoms with Crippen molar-refractivity contribution in [2.24, 2.45) is 0 Å². The normalized spacial score (nSPS) is 14.8. The first-order chi connectivity index (χ1) is 11.8. The van der Waals surface area contributed by atoms with Gasteiger partial charge in [0.2, 0.25) is 0 Å². The molecular weight excluding hydrogens is 298 g/mol. The van der Waals surface area contributed by atoms with Crippen molar-refractivity contribution in [3.05, 3.63) is 54.1 Å². The van der Waals surface area contributed by atoms with Crippen molar-refractivity contribution in [2.75, 3.05) is 61.6 Å². The third-order valence-corrected chi connectivity index (χ3v) is 4.51. The molecule has 0 saturated carbocycles. The van der Waals surface area contributed by atoms with Gasteiger partial charge in [-0.2, -0.15) is 0 Å². The van der Waals surface area contributed by atoms with Gasteiger partial charge in [-0.3, -0.25) is 0 Å². The number of benzene rings is 2. The molecule has 4 heteroatoms. The number of rotatable bonds is 6. The number of hydrogen-bond donors (Lipinski definition) is 1. The summed E-state index contributed by atoms with van der Waals surface area (Å²) in [7, 11) is 1.72. The molecule has 1 aliphatic rings. The molecule has 128 valence electrons. The lowest BCUT2D eigenvalue weighted by Crippen LogP contribution is -2.46. The highest BCUT2D eigenvalue weighted by Crippen LogP contribution is 2.22. The number of ether oxygens (including phenoxy) is 1. The molecule has 0 bridgehead atoms. The highest BCUT2D eigenvalue weighted by molar-refractivity contribution is 5.57. The fourth-order valence-electron chi connectivity index (χ4n) is 3.14. The number of piperazine rings is 1. The van der Waals surface area contributed by atoms with Gasteiger partial charge in [-0.25, -0.2) is 0 Å². The second kappa shape index (κ2) is 8.06. The maximum atomic E-state index is 5.06. The van der Waals surface area contributed by atoms with E-state index in [1.165, 1.54) is 16.9 Å².